The third kappa shape index (κ3) is 2.12. The lowest BCUT2D eigenvalue weighted by Gasteiger charge is -2.29. The molecule has 0 saturated heterocycles. The molecule has 1 atom stereocenters. The van der Waals surface area contributed by atoms with E-state index in [-0.39, 0.29) is 0 Å². The molecule has 1 N–H and O–H groups in total. The first-order chi connectivity index (χ1) is 4.41. The van der Waals surface area contributed by atoms with Crippen LogP contribution in [0.5, 0.6) is 0 Å². The van der Waals surface area contributed by atoms with Crippen molar-refractivity contribution < 1.29 is 9.84 Å². The summed E-state index contributed by atoms with van der Waals surface area (Å²) in [4.78, 5) is 0. The number of methoxy groups -OCH3 is 1. The van der Waals surface area contributed by atoms with Crippen molar-refractivity contribution in [3.8, 4) is 0 Å². The molecule has 2 heteroatoms. The van der Waals surface area contributed by atoms with Gasteiger partial charge in [-0.1, -0.05) is 6.58 Å². The molecule has 0 saturated carbocycles. The summed E-state index contributed by atoms with van der Waals surface area (Å²) in [7, 11) is 1.58. The maximum Gasteiger partial charge on any atom is 0.103 e. The molecule has 10 heavy (non-hydrogen) atoms. The van der Waals surface area contributed by atoms with Gasteiger partial charge in [-0.15, -0.1) is 0 Å². The van der Waals surface area contributed by atoms with Crippen LogP contribution in [-0.2, 0) is 4.74 Å². The minimum Gasteiger partial charge on any atom is -0.386 e. The molecule has 0 aromatic carbocycles. The van der Waals surface area contributed by atoms with Crippen LogP contribution in [0.1, 0.15) is 20.8 Å². The fraction of sp³-hybridized carbons (Fsp3) is 0.750. The summed E-state index contributed by atoms with van der Waals surface area (Å²) in [6, 6.07) is 0. The smallest absolute Gasteiger partial charge is 0.103 e. The second kappa shape index (κ2) is 3.17. The fourth-order valence-electron chi connectivity index (χ4n) is 0.705. The van der Waals surface area contributed by atoms with Crippen LogP contribution in [0.15, 0.2) is 12.2 Å². The molecule has 0 heterocycles. The number of ether oxygens (including phenoxy) is 1. The average molecular weight is 144 g/mol. The van der Waals surface area contributed by atoms with Gasteiger partial charge in [0.05, 0.1) is 5.60 Å². The molecule has 60 valence electrons. The largest absolute Gasteiger partial charge is 0.386 e. The Morgan fingerprint density at radius 3 is 2.10 bits per heavy atom. The van der Waals surface area contributed by atoms with Crippen molar-refractivity contribution in [2.45, 2.75) is 32.5 Å². The Bertz CT molecular complexity index is 127. The van der Waals surface area contributed by atoms with E-state index in [0.29, 0.717) is 0 Å². The highest BCUT2D eigenvalue weighted by molar-refractivity contribution is 5.04. The minimum atomic E-state index is -0.586. The average Bonchev–Trinajstić information content (AvgIpc) is 1.86. The molecule has 0 amide bonds. The molecular formula is C8H16O2. The Kier molecular flexibility index (Phi) is 3.06. The highest BCUT2D eigenvalue weighted by Gasteiger charge is 2.27. The summed E-state index contributed by atoms with van der Waals surface area (Å²) in [5.74, 6) is 0. The molecule has 0 fully saturated rings. The van der Waals surface area contributed by atoms with E-state index in [9.17, 15) is 5.11 Å². The first-order valence-corrected chi connectivity index (χ1v) is 3.30. The predicted molar refractivity (Wildman–Crippen MR) is 41.9 cm³/mol. The highest BCUT2D eigenvalue weighted by atomic mass is 16.5. The molecule has 0 aliphatic heterocycles. The van der Waals surface area contributed by atoms with Crippen LogP contribution in [0.3, 0.4) is 0 Å². The van der Waals surface area contributed by atoms with Gasteiger partial charge in [-0.2, -0.15) is 0 Å². The van der Waals surface area contributed by atoms with Gasteiger partial charge in [0.2, 0.25) is 0 Å². The number of aliphatic hydroxyl groups excluding tert-OH is 1. The van der Waals surface area contributed by atoms with Gasteiger partial charge in [-0.3, -0.25) is 0 Å². The lowest BCUT2D eigenvalue weighted by Crippen LogP contribution is -2.38. The summed E-state index contributed by atoms with van der Waals surface area (Å²) in [6.07, 6.45) is -0.586. The van der Waals surface area contributed by atoms with E-state index >= 15 is 0 Å². The summed E-state index contributed by atoms with van der Waals surface area (Å²) in [5, 5.41) is 9.43. The summed E-state index contributed by atoms with van der Waals surface area (Å²) in [5.41, 5.74) is 0.207. The molecule has 0 spiro atoms. The van der Waals surface area contributed by atoms with Gasteiger partial charge in [0.15, 0.2) is 0 Å². The lowest BCUT2D eigenvalue weighted by atomic mass is 9.96. The van der Waals surface area contributed by atoms with E-state index < -0.39 is 11.7 Å². The Balaban J connectivity index is 4.17. The van der Waals surface area contributed by atoms with Crippen molar-refractivity contribution in [2.75, 3.05) is 7.11 Å². The van der Waals surface area contributed by atoms with Gasteiger partial charge in [0.1, 0.15) is 6.10 Å². The molecular weight excluding hydrogens is 128 g/mol. The Morgan fingerprint density at radius 1 is 1.60 bits per heavy atom. The molecule has 0 bridgehead atoms. The zero-order valence-corrected chi connectivity index (χ0v) is 7.14. The molecule has 0 aliphatic carbocycles. The van der Waals surface area contributed by atoms with Crippen molar-refractivity contribution in [2.24, 2.45) is 0 Å². The van der Waals surface area contributed by atoms with Crippen molar-refractivity contribution >= 4 is 0 Å². The van der Waals surface area contributed by atoms with E-state index in [0.717, 1.165) is 5.57 Å². The van der Waals surface area contributed by atoms with Crippen LogP contribution in [-0.4, -0.2) is 23.9 Å². The van der Waals surface area contributed by atoms with Crippen molar-refractivity contribution in [3.63, 3.8) is 0 Å². The van der Waals surface area contributed by atoms with Gasteiger partial charge >= 0.3 is 0 Å². The van der Waals surface area contributed by atoms with Gasteiger partial charge < -0.3 is 9.84 Å². The maximum atomic E-state index is 9.43. The zero-order valence-electron chi connectivity index (χ0n) is 7.14. The molecule has 0 rings (SSSR count). The van der Waals surface area contributed by atoms with E-state index in [2.05, 4.69) is 6.58 Å². The molecule has 0 aromatic rings. The van der Waals surface area contributed by atoms with Crippen LogP contribution in [0.2, 0.25) is 0 Å². The first-order valence-electron chi connectivity index (χ1n) is 3.30. The number of hydrogen-bond acceptors (Lipinski definition) is 2. The Morgan fingerprint density at radius 2 is 2.00 bits per heavy atom. The van der Waals surface area contributed by atoms with E-state index in [1.165, 1.54) is 0 Å². The minimum absolute atomic E-state index is 0.522. The van der Waals surface area contributed by atoms with Crippen molar-refractivity contribution in [1.29, 1.82) is 0 Å². The standard InChI is InChI=1S/C8H16O2/c1-6(2)7(9)8(3,4)10-5/h7,9H,1H2,2-5H3. The van der Waals surface area contributed by atoms with Crippen LogP contribution in [0, 0.1) is 0 Å². The van der Waals surface area contributed by atoms with Crippen molar-refractivity contribution in [1.82, 2.24) is 0 Å². The van der Waals surface area contributed by atoms with E-state index in [4.69, 9.17) is 4.74 Å². The fourth-order valence-corrected chi connectivity index (χ4v) is 0.705. The van der Waals surface area contributed by atoms with Crippen LogP contribution in [0.4, 0.5) is 0 Å². The normalized spacial score (nSPS) is 14.9. The van der Waals surface area contributed by atoms with Gasteiger partial charge in [-0.25, -0.2) is 0 Å². The summed E-state index contributed by atoms with van der Waals surface area (Å²) < 4.78 is 5.05. The summed E-state index contributed by atoms with van der Waals surface area (Å²) >= 11 is 0. The van der Waals surface area contributed by atoms with Crippen LogP contribution < -0.4 is 0 Å². The van der Waals surface area contributed by atoms with Gasteiger partial charge in [0.25, 0.3) is 0 Å². The van der Waals surface area contributed by atoms with E-state index in [1.807, 2.05) is 13.8 Å². The van der Waals surface area contributed by atoms with Crippen LogP contribution >= 0.6 is 0 Å². The third-order valence-corrected chi connectivity index (χ3v) is 1.65. The molecule has 1 unspecified atom stereocenters. The molecule has 0 aromatic heterocycles. The Labute approximate surface area is 62.5 Å². The first kappa shape index (κ1) is 9.66. The van der Waals surface area contributed by atoms with Gasteiger partial charge in [0, 0.05) is 7.11 Å². The molecule has 0 aliphatic rings. The van der Waals surface area contributed by atoms with Gasteiger partial charge in [-0.05, 0) is 26.3 Å². The highest BCUT2D eigenvalue weighted by Crippen LogP contribution is 2.18. The van der Waals surface area contributed by atoms with E-state index in [1.54, 1.807) is 14.0 Å². The maximum absolute atomic E-state index is 9.43. The number of aliphatic hydroxyl groups is 1. The number of rotatable bonds is 3. The Hall–Kier alpha value is -0.340. The summed E-state index contributed by atoms with van der Waals surface area (Å²) in [6.45, 7) is 9.07. The number of hydrogen-bond donors (Lipinski definition) is 1. The lowest BCUT2D eigenvalue weighted by molar-refractivity contribution is -0.0607. The van der Waals surface area contributed by atoms with Crippen LogP contribution in [0.25, 0.3) is 0 Å². The SMILES string of the molecule is C=C(C)C(O)C(C)(C)OC. The second-order valence-electron chi connectivity index (χ2n) is 3.06. The van der Waals surface area contributed by atoms with Crippen molar-refractivity contribution in [3.05, 3.63) is 12.2 Å². The third-order valence-electron chi connectivity index (χ3n) is 1.65. The zero-order chi connectivity index (χ0) is 8.36. The molecule has 2 nitrogen and oxygen atoms in total. The second-order valence-corrected chi connectivity index (χ2v) is 3.06. The monoisotopic (exact) mass is 144 g/mol. The quantitative estimate of drug-likeness (QED) is 0.606. The predicted octanol–water partition coefficient (Wildman–Crippen LogP) is 1.35. The molecule has 0 radical (unpaired) electrons. The topological polar surface area (TPSA) is 29.5 Å².